The summed E-state index contributed by atoms with van der Waals surface area (Å²) >= 11 is 12.1. The van der Waals surface area contributed by atoms with E-state index in [2.05, 4.69) is 23.5 Å². The fourth-order valence-electron chi connectivity index (χ4n) is 2.66. The first-order valence-corrected chi connectivity index (χ1v) is 7.23. The molecule has 98 valence electrons. The Labute approximate surface area is 123 Å². The van der Waals surface area contributed by atoms with Gasteiger partial charge in [-0.2, -0.15) is 0 Å². The highest BCUT2D eigenvalue weighted by Crippen LogP contribution is 2.32. The third-order valence-corrected chi connectivity index (χ3v) is 4.18. The molecule has 0 saturated heterocycles. The topological polar surface area (TPSA) is 12.0 Å². The number of nitrogens with one attached hydrogen (secondary N) is 1. The number of anilines is 1. The van der Waals surface area contributed by atoms with Gasteiger partial charge < -0.3 is 5.32 Å². The third-order valence-electron chi connectivity index (χ3n) is 3.61. The molecule has 19 heavy (non-hydrogen) atoms. The summed E-state index contributed by atoms with van der Waals surface area (Å²) in [6, 6.07) is 14.2. The predicted octanol–water partition coefficient (Wildman–Crippen LogP) is 4.82. The first-order valence-electron chi connectivity index (χ1n) is 6.48. The van der Waals surface area contributed by atoms with Crippen LogP contribution in [-0.4, -0.2) is 6.54 Å². The lowest BCUT2D eigenvalue weighted by atomic mass is 9.89. The molecule has 1 nitrogen and oxygen atoms in total. The van der Waals surface area contributed by atoms with Crippen LogP contribution in [-0.2, 0) is 12.8 Å². The van der Waals surface area contributed by atoms with Crippen LogP contribution in [0.3, 0.4) is 0 Å². The van der Waals surface area contributed by atoms with Crippen LogP contribution >= 0.6 is 23.2 Å². The zero-order valence-corrected chi connectivity index (χ0v) is 12.0. The molecule has 0 aliphatic carbocycles. The Kier molecular flexibility index (Phi) is 3.67. The van der Waals surface area contributed by atoms with Crippen LogP contribution < -0.4 is 5.32 Å². The zero-order valence-electron chi connectivity index (χ0n) is 10.5. The number of hydrogen-bond donors (Lipinski definition) is 1. The van der Waals surface area contributed by atoms with Crippen LogP contribution in [0, 0.1) is 5.92 Å². The Morgan fingerprint density at radius 2 is 1.84 bits per heavy atom. The van der Waals surface area contributed by atoms with Crippen molar-refractivity contribution in [1.82, 2.24) is 0 Å². The molecule has 0 saturated carbocycles. The summed E-state index contributed by atoms with van der Waals surface area (Å²) in [7, 11) is 0. The summed E-state index contributed by atoms with van der Waals surface area (Å²) in [6.45, 7) is 0.972. The van der Waals surface area contributed by atoms with Gasteiger partial charge in [-0.1, -0.05) is 47.5 Å². The highest BCUT2D eigenvalue weighted by atomic mass is 35.5. The SMILES string of the molecule is Clc1ccc(CC2CNc3c(Cl)cccc3C2)cc1. The molecule has 1 unspecified atom stereocenters. The minimum absolute atomic E-state index is 0.604. The van der Waals surface area contributed by atoms with E-state index in [-0.39, 0.29) is 0 Å². The average Bonchev–Trinajstić information content (AvgIpc) is 2.42. The van der Waals surface area contributed by atoms with Gasteiger partial charge in [0.2, 0.25) is 0 Å². The summed E-state index contributed by atoms with van der Waals surface area (Å²) in [5.41, 5.74) is 3.76. The maximum atomic E-state index is 6.19. The van der Waals surface area contributed by atoms with E-state index in [1.54, 1.807) is 0 Å². The summed E-state index contributed by atoms with van der Waals surface area (Å²) < 4.78 is 0. The van der Waals surface area contributed by atoms with Crippen molar-refractivity contribution in [2.75, 3.05) is 11.9 Å². The van der Waals surface area contributed by atoms with E-state index in [9.17, 15) is 0 Å². The number of para-hydroxylation sites is 1. The smallest absolute Gasteiger partial charge is 0.0640 e. The summed E-state index contributed by atoms with van der Waals surface area (Å²) in [6.07, 6.45) is 2.14. The number of benzene rings is 2. The molecule has 1 aliphatic rings. The average molecular weight is 292 g/mol. The number of fused-ring (bicyclic) bond motifs is 1. The standard InChI is InChI=1S/C16H15Cl2N/c17-14-6-4-11(5-7-14)8-12-9-13-2-1-3-15(18)16(13)19-10-12/h1-7,12,19H,8-10H2. The Hall–Kier alpha value is -1.18. The van der Waals surface area contributed by atoms with Crippen molar-refractivity contribution < 1.29 is 0 Å². The van der Waals surface area contributed by atoms with E-state index in [1.165, 1.54) is 11.1 Å². The van der Waals surface area contributed by atoms with Gasteiger partial charge in [-0.3, -0.25) is 0 Å². The Balaban J connectivity index is 1.74. The molecule has 1 heterocycles. The highest BCUT2D eigenvalue weighted by molar-refractivity contribution is 6.33. The quantitative estimate of drug-likeness (QED) is 0.836. The van der Waals surface area contributed by atoms with Gasteiger partial charge in [-0.15, -0.1) is 0 Å². The normalized spacial score (nSPS) is 17.7. The van der Waals surface area contributed by atoms with E-state index in [0.717, 1.165) is 35.1 Å². The van der Waals surface area contributed by atoms with Gasteiger partial charge >= 0.3 is 0 Å². The van der Waals surface area contributed by atoms with Crippen molar-refractivity contribution in [3.05, 3.63) is 63.6 Å². The maximum absolute atomic E-state index is 6.19. The van der Waals surface area contributed by atoms with Crippen molar-refractivity contribution in [2.45, 2.75) is 12.8 Å². The molecule has 1 atom stereocenters. The molecule has 1 aliphatic heterocycles. The van der Waals surface area contributed by atoms with Gasteiger partial charge in [0, 0.05) is 11.6 Å². The fraction of sp³-hybridized carbons (Fsp3) is 0.250. The zero-order chi connectivity index (χ0) is 13.2. The van der Waals surface area contributed by atoms with Gasteiger partial charge in [-0.25, -0.2) is 0 Å². The van der Waals surface area contributed by atoms with Gasteiger partial charge in [0.05, 0.1) is 10.7 Å². The summed E-state index contributed by atoms with van der Waals surface area (Å²) in [5, 5.41) is 5.07. The van der Waals surface area contributed by atoms with Crippen molar-refractivity contribution in [3.8, 4) is 0 Å². The first kappa shape index (κ1) is 12.8. The largest absolute Gasteiger partial charge is 0.383 e. The molecule has 0 fully saturated rings. The lowest BCUT2D eigenvalue weighted by molar-refractivity contribution is 0.535. The van der Waals surface area contributed by atoms with Crippen molar-refractivity contribution in [1.29, 1.82) is 0 Å². The minimum Gasteiger partial charge on any atom is -0.383 e. The maximum Gasteiger partial charge on any atom is 0.0640 e. The molecular formula is C16H15Cl2N. The van der Waals surface area contributed by atoms with Gasteiger partial charge in [-0.05, 0) is 48.1 Å². The third kappa shape index (κ3) is 2.88. The van der Waals surface area contributed by atoms with Crippen LogP contribution in [0.15, 0.2) is 42.5 Å². The molecule has 3 heteroatoms. The van der Waals surface area contributed by atoms with Gasteiger partial charge in [0.25, 0.3) is 0 Å². The van der Waals surface area contributed by atoms with Crippen molar-refractivity contribution in [3.63, 3.8) is 0 Å². The van der Waals surface area contributed by atoms with Crippen molar-refractivity contribution in [2.24, 2.45) is 5.92 Å². The second-order valence-electron chi connectivity index (χ2n) is 5.06. The van der Waals surface area contributed by atoms with Crippen LogP contribution in [0.2, 0.25) is 10.0 Å². The first-order chi connectivity index (χ1) is 9.22. The Bertz CT molecular complexity index is 578. The molecule has 0 bridgehead atoms. The molecule has 0 radical (unpaired) electrons. The second kappa shape index (κ2) is 5.44. The van der Waals surface area contributed by atoms with Gasteiger partial charge in [0.1, 0.15) is 0 Å². The molecular weight excluding hydrogens is 277 g/mol. The molecule has 2 aromatic rings. The molecule has 2 aromatic carbocycles. The van der Waals surface area contributed by atoms with E-state index in [1.807, 2.05) is 24.3 Å². The monoisotopic (exact) mass is 291 g/mol. The van der Waals surface area contributed by atoms with Crippen LogP contribution in [0.25, 0.3) is 0 Å². The molecule has 0 amide bonds. The lowest BCUT2D eigenvalue weighted by Gasteiger charge is -2.27. The van der Waals surface area contributed by atoms with E-state index in [0.29, 0.717) is 5.92 Å². The fourth-order valence-corrected chi connectivity index (χ4v) is 3.05. The van der Waals surface area contributed by atoms with E-state index < -0.39 is 0 Å². The molecule has 0 spiro atoms. The second-order valence-corrected chi connectivity index (χ2v) is 5.90. The molecule has 3 rings (SSSR count). The number of hydrogen-bond acceptors (Lipinski definition) is 1. The molecule has 1 N–H and O–H groups in total. The number of halogens is 2. The minimum atomic E-state index is 0.604. The van der Waals surface area contributed by atoms with Crippen LogP contribution in [0.1, 0.15) is 11.1 Å². The van der Waals surface area contributed by atoms with Gasteiger partial charge in [0.15, 0.2) is 0 Å². The highest BCUT2D eigenvalue weighted by Gasteiger charge is 2.19. The number of rotatable bonds is 2. The van der Waals surface area contributed by atoms with E-state index in [4.69, 9.17) is 23.2 Å². The Morgan fingerprint density at radius 1 is 1.05 bits per heavy atom. The van der Waals surface area contributed by atoms with Crippen molar-refractivity contribution >= 4 is 28.9 Å². The predicted molar refractivity (Wildman–Crippen MR) is 82.3 cm³/mol. The van der Waals surface area contributed by atoms with E-state index >= 15 is 0 Å². The lowest BCUT2D eigenvalue weighted by Crippen LogP contribution is -2.25. The summed E-state index contributed by atoms with van der Waals surface area (Å²) in [5.74, 6) is 0.604. The Morgan fingerprint density at radius 3 is 2.63 bits per heavy atom. The summed E-state index contributed by atoms with van der Waals surface area (Å²) in [4.78, 5) is 0. The van der Waals surface area contributed by atoms with Crippen LogP contribution in [0.5, 0.6) is 0 Å². The molecule has 0 aromatic heterocycles. The van der Waals surface area contributed by atoms with Crippen LogP contribution in [0.4, 0.5) is 5.69 Å².